The van der Waals surface area contributed by atoms with Crippen LogP contribution >= 0.6 is 23.3 Å². The number of fused-ring (bicyclic) bond motifs is 1. The van der Waals surface area contributed by atoms with Gasteiger partial charge >= 0.3 is 0 Å². The van der Waals surface area contributed by atoms with Crippen molar-refractivity contribution in [2.75, 3.05) is 0 Å². The third-order valence-electron chi connectivity index (χ3n) is 2.93. The van der Waals surface area contributed by atoms with Crippen LogP contribution in [0.4, 0.5) is 0 Å². The summed E-state index contributed by atoms with van der Waals surface area (Å²) >= 11 is 2.96. The first-order valence-electron chi connectivity index (χ1n) is 6.39. The molecule has 20 heavy (non-hydrogen) atoms. The molecule has 0 fully saturated rings. The van der Waals surface area contributed by atoms with E-state index in [0.717, 1.165) is 38.1 Å². The van der Waals surface area contributed by atoms with Crippen molar-refractivity contribution in [1.29, 1.82) is 0 Å². The number of aryl methyl sites for hydroxylation is 1. The fourth-order valence-corrected chi connectivity index (χ4v) is 3.61. The lowest BCUT2D eigenvalue weighted by Gasteiger charge is -2.06. The molecule has 3 rings (SSSR count). The van der Waals surface area contributed by atoms with Crippen molar-refractivity contribution in [3.05, 3.63) is 41.7 Å². The van der Waals surface area contributed by atoms with Crippen LogP contribution in [0.3, 0.4) is 0 Å². The first-order chi connectivity index (χ1) is 9.80. The standard InChI is InChI=1S/C14H14N4S2/c1-2-12-17-14(20-18-12)19-13-10(8-15)7-9-5-3-4-6-11(9)16-13/h3-7H,2,8,15H2,1H3. The fraction of sp³-hybridized carbons (Fsp3) is 0.214. The average molecular weight is 302 g/mol. The summed E-state index contributed by atoms with van der Waals surface area (Å²) in [6.07, 6.45) is 0.853. The van der Waals surface area contributed by atoms with Crippen molar-refractivity contribution in [2.24, 2.45) is 5.73 Å². The highest BCUT2D eigenvalue weighted by Gasteiger charge is 2.11. The minimum absolute atomic E-state index is 0.472. The number of rotatable bonds is 4. The Kier molecular flexibility index (Phi) is 3.95. The van der Waals surface area contributed by atoms with Gasteiger partial charge in [0, 0.05) is 18.4 Å². The number of benzene rings is 1. The molecule has 0 atom stereocenters. The van der Waals surface area contributed by atoms with Gasteiger partial charge in [-0.1, -0.05) is 25.1 Å². The van der Waals surface area contributed by atoms with E-state index in [4.69, 9.17) is 10.7 Å². The molecule has 0 spiro atoms. The van der Waals surface area contributed by atoms with Gasteiger partial charge in [-0.3, -0.25) is 0 Å². The molecule has 6 heteroatoms. The van der Waals surface area contributed by atoms with E-state index in [0.29, 0.717) is 6.54 Å². The molecule has 3 aromatic rings. The highest BCUT2D eigenvalue weighted by Crippen LogP contribution is 2.31. The van der Waals surface area contributed by atoms with Crippen molar-refractivity contribution in [2.45, 2.75) is 29.3 Å². The lowest BCUT2D eigenvalue weighted by atomic mass is 10.1. The van der Waals surface area contributed by atoms with Crippen LogP contribution in [0, 0.1) is 0 Å². The predicted molar refractivity (Wildman–Crippen MR) is 83.0 cm³/mol. The number of hydrogen-bond acceptors (Lipinski definition) is 6. The molecule has 2 N–H and O–H groups in total. The smallest absolute Gasteiger partial charge is 0.176 e. The SMILES string of the molecule is CCc1nsc(Sc2nc3ccccc3cc2CN)n1. The summed E-state index contributed by atoms with van der Waals surface area (Å²) in [4.78, 5) is 9.17. The van der Waals surface area contributed by atoms with E-state index in [2.05, 4.69) is 28.4 Å². The Hall–Kier alpha value is -1.50. The molecule has 2 heterocycles. The Morgan fingerprint density at radius 3 is 2.85 bits per heavy atom. The lowest BCUT2D eigenvalue weighted by Crippen LogP contribution is -2.00. The van der Waals surface area contributed by atoms with Gasteiger partial charge in [-0.05, 0) is 41.0 Å². The van der Waals surface area contributed by atoms with Crippen molar-refractivity contribution in [3.8, 4) is 0 Å². The van der Waals surface area contributed by atoms with E-state index in [9.17, 15) is 0 Å². The number of nitrogens with zero attached hydrogens (tertiary/aromatic N) is 3. The highest BCUT2D eigenvalue weighted by atomic mass is 32.2. The molecular weight excluding hydrogens is 288 g/mol. The van der Waals surface area contributed by atoms with Gasteiger partial charge in [-0.15, -0.1) is 0 Å². The summed E-state index contributed by atoms with van der Waals surface area (Å²) in [5, 5.41) is 2.04. The summed E-state index contributed by atoms with van der Waals surface area (Å²) in [7, 11) is 0. The van der Waals surface area contributed by atoms with E-state index < -0.39 is 0 Å². The molecule has 1 aromatic carbocycles. The number of pyridine rings is 1. The second-order valence-electron chi connectivity index (χ2n) is 4.28. The van der Waals surface area contributed by atoms with Gasteiger partial charge in [0.1, 0.15) is 10.9 Å². The molecule has 0 radical (unpaired) electrons. The highest BCUT2D eigenvalue weighted by molar-refractivity contribution is 8.00. The Labute approximate surface area is 125 Å². The van der Waals surface area contributed by atoms with Crippen molar-refractivity contribution in [3.63, 3.8) is 0 Å². The normalized spacial score (nSPS) is 11.1. The second-order valence-corrected chi connectivity index (χ2v) is 6.27. The number of hydrogen-bond donors (Lipinski definition) is 1. The molecular formula is C14H14N4S2. The summed E-state index contributed by atoms with van der Waals surface area (Å²) in [5.41, 5.74) is 7.86. The van der Waals surface area contributed by atoms with E-state index in [1.54, 1.807) is 11.8 Å². The first kappa shape index (κ1) is 13.5. The topological polar surface area (TPSA) is 64.7 Å². The van der Waals surface area contributed by atoms with Gasteiger partial charge in [0.2, 0.25) is 0 Å². The molecule has 0 bridgehead atoms. The number of para-hydroxylation sites is 1. The van der Waals surface area contributed by atoms with E-state index in [-0.39, 0.29) is 0 Å². The van der Waals surface area contributed by atoms with Crippen LogP contribution in [-0.2, 0) is 13.0 Å². The van der Waals surface area contributed by atoms with Gasteiger partial charge in [-0.25, -0.2) is 9.97 Å². The minimum atomic E-state index is 0.472. The second kappa shape index (κ2) is 5.87. The summed E-state index contributed by atoms with van der Waals surface area (Å²) < 4.78 is 5.22. The minimum Gasteiger partial charge on any atom is -0.326 e. The monoisotopic (exact) mass is 302 g/mol. The first-order valence-corrected chi connectivity index (χ1v) is 7.98. The molecule has 0 aliphatic rings. The van der Waals surface area contributed by atoms with E-state index in [1.807, 2.05) is 18.2 Å². The van der Waals surface area contributed by atoms with Crippen molar-refractivity contribution < 1.29 is 0 Å². The van der Waals surface area contributed by atoms with Crippen molar-refractivity contribution in [1.82, 2.24) is 14.3 Å². The van der Waals surface area contributed by atoms with Crippen LogP contribution in [0.5, 0.6) is 0 Å². The van der Waals surface area contributed by atoms with Gasteiger partial charge in [0.25, 0.3) is 0 Å². The van der Waals surface area contributed by atoms with Crippen molar-refractivity contribution >= 4 is 34.2 Å². The van der Waals surface area contributed by atoms with E-state index in [1.165, 1.54) is 11.5 Å². The maximum Gasteiger partial charge on any atom is 0.176 e. The third kappa shape index (κ3) is 2.67. The number of nitrogens with two attached hydrogens (primary N) is 1. The maximum atomic E-state index is 5.84. The largest absolute Gasteiger partial charge is 0.326 e. The molecule has 102 valence electrons. The molecule has 0 saturated heterocycles. The zero-order chi connectivity index (χ0) is 13.9. The van der Waals surface area contributed by atoms with E-state index >= 15 is 0 Å². The van der Waals surface area contributed by atoms with Gasteiger partial charge in [0.15, 0.2) is 4.34 Å². The van der Waals surface area contributed by atoms with Crippen LogP contribution in [0.25, 0.3) is 10.9 Å². The van der Waals surface area contributed by atoms with Crippen LogP contribution in [-0.4, -0.2) is 14.3 Å². The Morgan fingerprint density at radius 2 is 2.10 bits per heavy atom. The molecule has 0 aliphatic heterocycles. The van der Waals surface area contributed by atoms with Gasteiger partial charge in [0.05, 0.1) is 5.52 Å². The van der Waals surface area contributed by atoms with Crippen LogP contribution in [0.2, 0.25) is 0 Å². The third-order valence-corrected chi connectivity index (χ3v) is 4.77. The Morgan fingerprint density at radius 1 is 1.25 bits per heavy atom. The molecule has 0 unspecified atom stereocenters. The van der Waals surface area contributed by atoms with Gasteiger partial charge < -0.3 is 5.73 Å². The predicted octanol–water partition coefficient (Wildman–Crippen LogP) is 3.26. The van der Waals surface area contributed by atoms with Gasteiger partial charge in [-0.2, -0.15) is 4.37 Å². The maximum absolute atomic E-state index is 5.84. The summed E-state index contributed by atoms with van der Waals surface area (Å²) in [6, 6.07) is 10.2. The molecule has 2 aromatic heterocycles. The quantitative estimate of drug-likeness (QED) is 0.801. The number of aromatic nitrogens is 3. The molecule has 0 aliphatic carbocycles. The summed E-state index contributed by atoms with van der Waals surface area (Å²) in [6.45, 7) is 2.52. The molecule has 4 nitrogen and oxygen atoms in total. The van der Waals surface area contributed by atoms with Crippen LogP contribution < -0.4 is 5.73 Å². The Bertz CT molecular complexity index is 739. The molecule has 0 saturated carbocycles. The van der Waals surface area contributed by atoms with Crippen LogP contribution in [0.15, 0.2) is 39.7 Å². The average Bonchev–Trinajstić information content (AvgIpc) is 2.94. The Balaban J connectivity index is 2.00. The zero-order valence-electron chi connectivity index (χ0n) is 11.0. The zero-order valence-corrected chi connectivity index (χ0v) is 12.7. The molecule has 0 amide bonds. The summed E-state index contributed by atoms with van der Waals surface area (Å²) in [5.74, 6) is 0.882. The lowest BCUT2D eigenvalue weighted by molar-refractivity contribution is 0.962. The van der Waals surface area contributed by atoms with Crippen LogP contribution in [0.1, 0.15) is 18.3 Å². The fourth-order valence-electron chi connectivity index (χ4n) is 1.88.